The van der Waals surface area contributed by atoms with Gasteiger partial charge in [-0.25, -0.2) is 0 Å². The minimum absolute atomic E-state index is 0.227. The Hall–Kier alpha value is -1.03. The molecule has 3 N–H and O–H groups in total. The first-order chi connectivity index (χ1) is 7.59. The van der Waals surface area contributed by atoms with Gasteiger partial charge in [0.05, 0.1) is 6.04 Å². The number of hydrogen-bond donors (Lipinski definition) is 2. The van der Waals surface area contributed by atoms with Gasteiger partial charge in [-0.3, -0.25) is 0 Å². The molecule has 2 aromatic rings. The van der Waals surface area contributed by atoms with E-state index in [1.807, 2.05) is 24.4 Å². The zero-order valence-corrected chi connectivity index (χ0v) is 10.3. The van der Waals surface area contributed by atoms with E-state index in [1.54, 1.807) is 23.5 Å². The molecule has 0 radical (unpaired) electrons. The van der Waals surface area contributed by atoms with Gasteiger partial charge in [0.1, 0.15) is 5.75 Å². The van der Waals surface area contributed by atoms with Crippen LogP contribution in [0.3, 0.4) is 0 Å². The summed E-state index contributed by atoms with van der Waals surface area (Å²) >= 11 is 7.53. The molecule has 0 spiro atoms. The van der Waals surface area contributed by atoms with Gasteiger partial charge < -0.3 is 10.8 Å². The molecule has 2 rings (SSSR count). The van der Waals surface area contributed by atoms with E-state index in [2.05, 4.69) is 0 Å². The highest BCUT2D eigenvalue weighted by molar-refractivity contribution is 7.10. The predicted octanol–water partition coefficient (Wildman–Crippen LogP) is 3.46. The fraction of sp³-hybridized carbons (Fsp3) is 0.167. The zero-order chi connectivity index (χ0) is 11.7. The maximum absolute atomic E-state index is 9.96. The van der Waals surface area contributed by atoms with Crippen molar-refractivity contribution in [3.8, 4) is 5.75 Å². The molecule has 0 aliphatic carbocycles. The summed E-state index contributed by atoms with van der Waals surface area (Å²) in [5.41, 5.74) is 7.51. The Morgan fingerprint density at radius 3 is 2.81 bits per heavy atom. The molecule has 16 heavy (non-hydrogen) atoms. The van der Waals surface area contributed by atoms with Crippen molar-refractivity contribution in [3.63, 3.8) is 0 Å². The number of halogens is 1. The molecule has 0 unspecified atom stereocenters. The summed E-state index contributed by atoms with van der Waals surface area (Å²) in [5.74, 6) is 0.227. The quantitative estimate of drug-likeness (QED) is 0.861. The molecule has 1 atom stereocenters. The number of phenolic OH excluding ortho intramolecular Hbond substituents is 1. The normalized spacial score (nSPS) is 12.7. The Morgan fingerprint density at radius 1 is 1.44 bits per heavy atom. The number of rotatable bonds is 2. The van der Waals surface area contributed by atoms with Gasteiger partial charge in [0, 0.05) is 15.5 Å². The predicted molar refractivity (Wildman–Crippen MR) is 68.2 cm³/mol. The van der Waals surface area contributed by atoms with Crippen LogP contribution in [0.2, 0.25) is 5.02 Å². The minimum Gasteiger partial charge on any atom is -0.507 e. The van der Waals surface area contributed by atoms with Gasteiger partial charge in [-0.1, -0.05) is 17.7 Å². The van der Waals surface area contributed by atoms with Crippen LogP contribution in [-0.2, 0) is 0 Å². The lowest BCUT2D eigenvalue weighted by Crippen LogP contribution is -2.10. The molecule has 0 aliphatic rings. The number of phenols is 1. The first kappa shape index (κ1) is 11.5. The smallest absolute Gasteiger partial charge is 0.123 e. The van der Waals surface area contributed by atoms with E-state index < -0.39 is 0 Å². The summed E-state index contributed by atoms with van der Waals surface area (Å²) < 4.78 is 0. The molecule has 1 heterocycles. The molecule has 2 nitrogen and oxygen atoms in total. The lowest BCUT2D eigenvalue weighted by molar-refractivity contribution is 0.461. The van der Waals surface area contributed by atoms with E-state index in [-0.39, 0.29) is 11.8 Å². The van der Waals surface area contributed by atoms with Crippen LogP contribution in [0.15, 0.2) is 29.6 Å². The van der Waals surface area contributed by atoms with E-state index >= 15 is 0 Å². The van der Waals surface area contributed by atoms with Crippen molar-refractivity contribution in [2.24, 2.45) is 5.73 Å². The topological polar surface area (TPSA) is 46.2 Å². The average molecular weight is 254 g/mol. The summed E-state index contributed by atoms with van der Waals surface area (Å²) in [7, 11) is 0. The van der Waals surface area contributed by atoms with Crippen molar-refractivity contribution in [2.45, 2.75) is 13.0 Å². The lowest BCUT2D eigenvalue weighted by Gasteiger charge is -2.14. The van der Waals surface area contributed by atoms with Crippen molar-refractivity contribution in [1.29, 1.82) is 0 Å². The molecule has 84 valence electrons. The van der Waals surface area contributed by atoms with Gasteiger partial charge in [-0.2, -0.15) is 0 Å². The van der Waals surface area contributed by atoms with Crippen LogP contribution >= 0.6 is 22.9 Å². The largest absolute Gasteiger partial charge is 0.507 e. The Labute approximate surface area is 103 Å². The number of aryl methyl sites for hydroxylation is 1. The molecular weight excluding hydrogens is 242 g/mol. The number of nitrogens with two attached hydrogens (primary N) is 1. The van der Waals surface area contributed by atoms with Crippen LogP contribution in [0.4, 0.5) is 0 Å². The number of thiophene rings is 1. The highest BCUT2D eigenvalue weighted by Crippen LogP contribution is 2.34. The van der Waals surface area contributed by atoms with Crippen LogP contribution in [0, 0.1) is 6.92 Å². The summed E-state index contributed by atoms with van der Waals surface area (Å²) in [6, 6.07) is 7.01. The highest BCUT2D eigenvalue weighted by Gasteiger charge is 2.16. The fourth-order valence-electron chi connectivity index (χ4n) is 1.62. The van der Waals surface area contributed by atoms with Crippen LogP contribution in [0.25, 0.3) is 0 Å². The Bertz CT molecular complexity index is 496. The Balaban J connectivity index is 2.48. The van der Waals surface area contributed by atoms with E-state index in [4.69, 9.17) is 17.3 Å². The van der Waals surface area contributed by atoms with Gasteiger partial charge in [0.15, 0.2) is 0 Å². The second kappa shape index (κ2) is 4.45. The van der Waals surface area contributed by atoms with Gasteiger partial charge in [-0.15, -0.1) is 11.3 Å². The van der Waals surface area contributed by atoms with Gasteiger partial charge in [0.2, 0.25) is 0 Å². The van der Waals surface area contributed by atoms with E-state index in [9.17, 15) is 5.11 Å². The molecule has 0 fully saturated rings. The molecule has 0 amide bonds. The summed E-state index contributed by atoms with van der Waals surface area (Å²) in [4.78, 5) is 1.01. The third kappa shape index (κ3) is 2.07. The molecule has 4 heteroatoms. The van der Waals surface area contributed by atoms with E-state index in [0.717, 1.165) is 10.4 Å². The summed E-state index contributed by atoms with van der Waals surface area (Å²) in [6.45, 7) is 1.81. The highest BCUT2D eigenvalue weighted by atomic mass is 35.5. The second-order valence-electron chi connectivity index (χ2n) is 3.65. The Kier molecular flexibility index (Phi) is 3.19. The number of hydrogen-bond acceptors (Lipinski definition) is 3. The van der Waals surface area contributed by atoms with E-state index in [0.29, 0.717) is 10.6 Å². The van der Waals surface area contributed by atoms with Crippen molar-refractivity contribution in [2.75, 3.05) is 0 Å². The minimum atomic E-state index is -0.322. The molecule has 1 aromatic carbocycles. The van der Waals surface area contributed by atoms with Crippen molar-refractivity contribution in [1.82, 2.24) is 0 Å². The van der Waals surface area contributed by atoms with Crippen LogP contribution in [0.5, 0.6) is 5.75 Å². The first-order valence-corrected chi connectivity index (χ1v) is 6.13. The van der Waals surface area contributed by atoms with Crippen molar-refractivity contribution >= 4 is 22.9 Å². The number of aromatic hydroxyl groups is 1. The van der Waals surface area contributed by atoms with Gasteiger partial charge >= 0.3 is 0 Å². The first-order valence-electron chi connectivity index (χ1n) is 4.87. The molecule has 0 saturated heterocycles. The third-order valence-corrected chi connectivity index (χ3v) is 3.65. The SMILES string of the molecule is Cc1cc(Cl)cc([C@H](N)c2cccs2)c1O. The standard InChI is InChI=1S/C12H12ClNOS/c1-7-5-8(13)6-9(12(7)15)11(14)10-3-2-4-16-10/h2-6,11,15H,14H2,1H3/t11-/m0/s1. The second-order valence-corrected chi connectivity index (χ2v) is 5.07. The summed E-state index contributed by atoms with van der Waals surface area (Å²) in [6.07, 6.45) is 0. The Morgan fingerprint density at radius 2 is 2.19 bits per heavy atom. The third-order valence-electron chi connectivity index (χ3n) is 2.48. The maximum Gasteiger partial charge on any atom is 0.123 e. The van der Waals surface area contributed by atoms with E-state index in [1.165, 1.54) is 0 Å². The molecule has 0 aliphatic heterocycles. The summed E-state index contributed by atoms with van der Waals surface area (Å²) in [5, 5.41) is 12.5. The molecule has 0 bridgehead atoms. The van der Waals surface area contributed by atoms with Crippen molar-refractivity contribution in [3.05, 3.63) is 50.7 Å². The average Bonchev–Trinajstić information content (AvgIpc) is 2.75. The van der Waals surface area contributed by atoms with Crippen LogP contribution < -0.4 is 5.73 Å². The van der Waals surface area contributed by atoms with Crippen molar-refractivity contribution < 1.29 is 5.11 Å². The molecule has 0 saturated carbocycles. The molecule has 1 aromatic heterocycles. The zero-order valence-electron chi connectivity index (χ0n) is 8.77. The van der Waals surface area contributed by atoms with Gasteiger partial charge in [-0.05, 0) is 36.1 Å². The van der Waals surface area contributed by atoms with Crippen LogP contribution in [-0.4, -0.2) is 5.11 Å². The maximum atomic E-state index is 9.96. The monoisotopic (exact) mass is 253 g/mol. The van der Waals surface area contributed by atoms with Gasteiger partial charge in [0.25, 0.3) is 0 Å². The lowest BCUT2D eigenvalue weighted by atomic mass is 10.0. The fourth-order valence-corrected chi connectivity index (χ4v) is 2.65. The number of benzene rings is 1. The van der Waals surface area contributed by atoms with Crippen LogP contribution in [0.1, 0.15) is 22.0 Å². The molecular formula is C12H12ClNOS.